The van der Waals surface area contributed by atoms with E-state index in [0.717, 1.165) is 24.1 Å². The molecule has 2 amide bonds. The van der Waals surface area contributed by atoms with Gasteiger partial charge in [0.2, 0.25) is 0 Å². The quantitative estimate of drug-likeness (QED) is 0.909. The van der Waals surface area contributed by atoms with Crippen molar-refractivity contribution < 1.29 is 9.32 Å². The average molecular weight is 365 g/mol. The summed E-state index contributed by atoms with van der Waals surface area (Å²) in [6.07, 6.45) is 1.44. The van der Waals surface area contributed by atoms with Crippen LogP contribution in [0, 0.1) is 0 Å². The molecule has 116 valence electrons. The first-order chi connectivity index (χ1) is 10.7. The van der Waals surface area contributed by atoms with E-state index in [4.69, 9.17) is 4.52 Å². The Morgan fingerprint density at radius 1 is 1.18 bits per heavy atom. The van der Waals surface area contributed by atoms with Gasteiger partial charge < -0.3 is 9.42 Å². The number of urea groups is 1. The zero-order chi connectivity index (χ0) is 15.4. The topological polar surface area (TPSA) is 61.6 Å². The predicted molar refractivity (Wildman–Crippen MR) is 86.5 cm³/mol. The Hall–Kier alpha value is -1.86. The fourth-order valence-corrected chi connectivity index (χ4v) is 2.69. The number of halogens is 1. The van der Waals surface area contributed by atoms with Crippen molar-refractivity contribution in [1.82, 2.24) is 15.0 Å². The number of anilines is 1. The average Bonchev–Trinajstić information content (AvgIpc) is 3.03. The van der Waals surface area contributed by atoms with E-state index in [1.807, 2.05) is 0 Å². The van der Waals surface area contributed by atoms with Gasteiger partial charge in [-0.25, -0.2) is 4.79 Å². The Morgan fingerprint density at radius 2 is 1.91 bits per heavy atom. The van der Waals surface area contributed by atoms with Gasteiger partial charge in [-0.3, -0.25) is 10.2 Å². The Kier molecular flexibility index (Phi) is 4.74. The van der Waals surface area contributed by atoms with Crippen LogP contribution in [0.4, 0.5) is 10.6 Å². The number of nitrogens with one attached hydrogen (secondary N) is 1. The zero-order valence-electron chi connectivity index (χ0n) is 12.0. The van der Waals surface area contributed by atoms with Crippen LogP contribution < -0.4 is 5.32 Å². The molecule has 1 N–H and O–H groups in total. The van der Waals surface area contributed by atoms with Gasteiger partial charge in [-0.15, -0.1) is 0 Å². The normalized spacial score (nSPS) is 15.8. The second-order valence-electron chi connectivity index (χ2n) is 5.20. The molecule has 0 spiro atoms. The Morgan fingerprint density at radius 3 is 2.55 bits per heavy atom. The predicted octanol–water partition coefficient (Wildman–Crippen LogP) is 2.79. The smallest absolute Gasteiger partial charge is 0.323 e. The molecule has 1 fully saturated rings. The van der Waals surface area contributed by atoms with E-state index in [1.54, 1.807) is 11.0 Å². The third-order valence-electron chi connectivity index (χ3n) is 3.65. The number of nitrogens with zero attached hydrogens (tertiary/aromatic N) is 3. The van der Waals surface area contributed by atoms with Gasteiger partial charge in [-0.1, -0.05) is 33.2 Å². The number of aromatic nitrogens is 1. The number of carbonyl (C=O) groups is 1. The molecule has 1 aliphatic rings. The van der Waals surface area contributed by atoms with E-state index in [1.165, 1.54) is 11.8 Å². The maximum absolute atomic E-state index is 12.1. The summed E-state index contributed by atoms with van der Waals surface area (Å²) < 4.78 is 5.79. The third kappa shape index (κ3) is 3.86. The van der Waals surface area contributed by atoms with Crippen LogP contribution in [0.3, 0.4) is 0 Å². The SMILES string of the molecule is O=C(Nc1ccon1)N1CCN(Cc2ccc(Br)cc2)CC1. The molecule has 6 nitrogen and oxygen atoms in total. The van der Waals surface area contributed by atoms with Crippen LogP contribution in [-0.4, -0.2) is 47.2 Å². The maximum Gasteiger partial charge on any atom is 0.323 e. The number of carbonyl (C=O) groups excluding carboxylic acids is 1. The summed E-state index contributed by atoms with van der Waals surface area (Å²) in [4.78, 5) is 16.2. The van der Waals surface area contributed by atoms with Crippen molar-refractivity contribution in [2.75, 3.05) is 31.5 Å². The molecule has 2 aromatic rings. The molecular weight excluding hydrogens is 348 g/mol. The lowest BCUT2D eigenvalue weighted by molar-refractivity contribution is 0.143. The van der Waals surface area contributed by atoms with Crippen LogP contribution in [0.1, 0.15) is 5.56 Å². The van der Waals surface area contributed by atoms with E-state index in [-0.39, 0.29) is 6.03 Å². The number of amides is 2. The van der Waals surface area contributed by atoms with Crippen molar-refractivity contribution in [2.24, 2.45) is 0 Å². The highest BCUT2D eigenvalue weighted by Gasteiger charge is 2.21. The summed E-state index contributed by atoms with van der Waals surface area (Å²) in [5.74, 6) is 0.447. The molecule has 1 aromatic carbocycles. The number of rotatable bonds is 3. The van der Waals surface area contributed by atoms with E-state index in [2.05, 4.69) is 55.6 Å². The maximum atomic E-state index is 12.1. The standard InChI is InChI=1S/C15H17BrN4O2/c16-13-3-1-12(2-4-13)11-19-6-8-20(9-7-19)15(21)17-14-5-10-22-18-14/h1-5,10H,6-9,11H2,(H,17,18,21). The monoisotopic (exact) mass is 364 g/mol. The molecule has 7 heteroatoms. The first-order valence-electron chi connectivity index (χ1n) is 7.14. The third-order valence-corrected chi connectivity index (χ3v) is 4.18. The minimum Gasteiger partial charge on any atom is -0.363 e. The summed E-state index contributed by atoms with van der Waals surface area (Å²) in [5, 5.41) is 6.40. The number of hydrogen-bond donors (Lipinski definition) is 1. The number of hydrogen-bond acceptors (Lipinski definition) is 4. The number of benzene rings is 1. The van der Waals surface area contributed by atoms with Gasteiger partial charge in [0.1, 0.15) is 6.26 Å². The Labute approximate surface area is 137 Å². The summed E-state index contributed by atoms with van der Waals surface area (Å²) in [7, 11) is 0. The van der Waals surface area contributed by atoms with Crippen molar-refractivity contribution in [2.45, 2.75) is 6.54 Å². The van der Waals surface area contributed by atoms with Crippen LogP contribution in [-0.2, 0) is 6.54 Å². The van der Waals surface area contributed by atoms with E-state index in [9.17, 15) is 4.79 Å². The largest absolute Gasteiger partial charge is 0.363 e. The molecule has 0 bridgehead atoms. The van der Waals surface area contributed by atoms with Gasteiger partial charge in [0, 0.05) is 43.3 Å². The summed E-state index contributed by atoms with van der Waals surface area (Å²) >= 11 is 3.44. The summed E-state index contributed by atoms with van der Waals surface area (Å²) in [5.41, 5.74) is 1.28. The number of piperazine rings is 1. The van der Waals surface area contributed by atoms with Crippen molar-refractivity contribution >= 4 is 27.8 Å². The molecule has 1 aromatic heterocycles. The van der Waals surface area contributed by atoms with Crippen molar-refractivity contribution in [1.29, 1.82) is 0 Å². The Balaban J connectivity index is 1.47. The van der Waals surface area contributed by atoms with Gasteiger partial charge in [-0.05, 0) is 17.7 Å². The van der Waals surface area contributed by atoms with Crippen LogP contribution >= 0.6 is 15.9 Å². The van der Waals surface area contributed by atoms with E-state index >= 15 is 0 Å². The minimum absolute atomic E-state index is 0.128. The molecule has 0 saturated carbocycles. The molecule has 0 radical (unpaired) electrons. The molecular formula is C15H17BrN4O2. The van der Waals surface area contributed by atoms with Gasteiger partial charge in [-0.2, -0.15) is 0 Å². The second kappa shape index (κ2) is 6.93. The second-order valence-corrected chi connectivity index (χ2v) is 6.12. The van der Waals surface area contributed by atoms with E-state index in [0.29, 0.717) is 18.9 Å². The first-order valence-corrected chi connectivity index (χ1v) is 7.93. The lowest BCUT2D eigenvalue weighted by atomic mass is 10.2. The molecule has 1 aliphatic heterocycles. The first kappa shape index (κ1) is 15.1. The summed E-state index contributed by atoms with van der Waals surface area (Å²) in [6.45, 7) is 4.05. The van der Waals surface area contributed by atoms with Crippen molar-refractivity contribution in [3.63, 3.8) is 0 Å². The molecule has 1 saturated heterocycles. The highest BCUT2D eigenvalue weighted by atomic mass is 79.9. The van der Waals surface area contributed by atoms with Crippen molar-refractivity contribution in [3.8, 4) is 0 Å². The lowest BCUT2D eigenvalue weighted by Crippen LogP contribution is -2.49. The Bertz CT molecular complexity index is 607. The molecule has 0 aliphatic carbocycles. The van der Waals surface area contributed by atoms with Crippen LogP contribution in [0.5, 0.6) is 0 Å². The minimum atomic E-state index is -0.128. The van der Waals surface area contributed by atoms with Gasteiger partial charge in [0.25, 0.3) is 0 Å². The van der Waals surface area contributed by atoms with Gasteiger partial charge in [0.15, 0.2) is 5.82 Å². The molecule has 2 heterocycles. The molecule has 0 unspecified atom stereocenters. The highest BCUT2D eigenvalue weighted by molar-refractivity contribution is 9.10. The fraction of sp³-hybridized carbons (Fsp3) is 0.333. The molecule has 0 atom stereocenters. The van der Waals surface area contributed by atoms with Gasteiger partial charge >= 0.3 is 6.03 Å². The van der Waals surface area contributed by atoms with E-state index < -0.39 is 0 Å². The zero-order valence-corrected chi connectivity index (χ0v) is 13.6. The lowest BCUT2D eigenvalue weighted by Gasteiger charge is -2.34. The van der Waals surface area contributed by atoms with Crippen LogP contribution in [0.25, 0.3) is 0 Å². The highest BCUT2D eigenvalue weighted by Crippen LogP contribution is 2.14. The van der Waals surface area contributed by atoms with Gasteiger partial charge in [0.05, 0.1) is 0 Å². The molecule has 3 rings (SSSR count). The fourth-order valence-electron chi connectivity index (χ4n) is 2.42. The summed E-state index contributed by atoms with van der Waals surface area (Å²) in [6, 6.07) is 9.84. The van der Waals surface area contributed by atoms with Crippen LogP contribution in [0.15, 0.2) is 45.6 Å². The van der Waals surface area contributed by atoms with Crippen molar-refractivity contribution in [3.05, 3.63) is 46.6 Å². The van der Waals surface area contributed by atoms with Crippen LogP contribution in [0.2, 0.25) is 0 Å². The molecule has 22 heavy (non-hydrogen) atoms.